The molecule has 2 N–H and O–H groups in total. The standard InChI is InChI=1S/C17H24BrNO2/c1-11(2)9-17(4,20)10-19-12(3)16-8-13-7-14(18)5-6-15(13)21-16/h5-8,11-12,19-20H,9-10H2,1-4H3. The average molecular weight is 354 g/mol. The smallest absolute Gasteiger partial charge is 0.134 e. The van der Waals surface area contributed by atoms with Crippen molar-refractivity contribution in [3.05, 3.63) is 34.5 Å². The van der Waals surface area contributed by atoms with Crippen molar-refractivity contribution < 1.29 is 9.52 Å². The fraction of sp³-hybridized carbons (Fsp3) is 0.529. The Labute approximate surface area is 134 Å². The molecule has 2 atom stereocenters. The summed E-state index contributed by atoms with van der Waals surface area (Å²) in [5, 5.41) is 14.8. The maximum absolute atomic E-state index is 10.4. The zero-order valence-electron chi connectivity index (χ0n) is 13.1. The second-order valence-corrected chi connectivity index (χ2v) is 7.44. The molecule has 1 aromatic carbocycles. The van der Waals surface area contributed by atoms with Crippen LogP contribution in [-0.4, -0.2) is 17.3 Å². The third kappa shape index (κ3) is 4.56. The van der Waals surface area contributed by atoms with Gasteiger partial charge in [-0.05, 0) is 50.5 Å². The van der Waals surface area contributed by atoms with Gasteiger partial charge in [-0.15, -0.1) is 0 Å². The van der Waals surface area contributed by atoms with Crippen molar-refractivity contribution in [3.63, 3.8) is 0 Å². The van der Waals surface area contributed by atoms with Gasteiger partial charge in [0.05, 0.1) is 11.6 Å². The van der Waals surface area contributed by atoms with Crippen LogP contribution in [0.5, 0.6) is 0 Å². The molecule has 2 rings (SSSR count). The minimum Gasteiger partial charge on any atom is -0.459 e. The molecule has 0 amide bonds. The summed E-state index contributed by atoms with van der Waals surface area (Å²) in [4.78, 5) is 0. The van der Waals surface area contributed by atoms with Gasteiger partial charge in [0.1, 0.15) is 11.3 Å². The van der Waals surface area contributed by atoms with Crippen LogP contribution in [0.3, 0.4) is 0 Å². The fourth-order valence-corrected chi connectivity index (χ4v) is 3.05. The Morgan fingerprint density at radius 1 is 1.29 bits per heavy atom. The van der Waals surface area contributed by atoms with Gasteiger partial charge in [-0.2, -0.15) is 0 Å². The molecule has 0 aliphatic rings. The van der Waals surface area contributed by atoms with Gasteiger partial charge in [0.25, 0.3) is 0 Å². The Balaban J connectivity index is 2.03. The Morgan fingerprint density at radius 2 is 2.00 bits per heavy atom. The van der Waals surface area contributed by atoms with Crippen LogP contribution in [0.4, 0.5) is 0 Å². The Kier molecular flexibility index (Phi) is 5.12. The third-order valence-corrected chi connectivity index (χ3v) is 4.05. The number of halogens is 1. The van der Waals surface area contributed by atoms with Crippen LogP contribution in [0.15, 0.2) is 33.2 Å². The van der Waals surface area contributed by atoms with E-state index in [1.807, 2.05) is 25.1 Å². The zero-order valence-corrected chi connectivity index (χ0v) is 14.7. The van der Waals surface area contributed by atoms with Gasteiger partial charge in [0.2, 0.25) is 0 Å². The fourth-order valence-electron chi connectivity index (χ4n) is 2.67. The van der Waals surface area contributed by atoms with E-state index in [4.69, 9.17) is 4.42 Å². The number of aliphatic hydroxyl groups is 1. The van der Waals surface area contributed by atoms with Gasteiger partial charge in [-0.3, -0.25) is 0 Å². The average Bonchev–Trinajstić information content (AvgIpc) is 2.77. The highest BCUT2D eigenvalue weighted by Gasteiger charge is 2.23. The minimum atomic E-state index is -0.697. The van der Waals surface area contributed by atoms with Crippen molar-refractivity contribution in [1.82, 2.24) is 5.32 Å². The first-order chi connectivity index (χ1) is 9.77. The number of benzene rings is 1. The van der Waals surface area contributed by atoms with Crippen LogP contribution < -0.4 is 5.32 Å². The Hall–Kier alpha value is -0.840. The topological polar surface area (TPSA) is 45.4 Å². The summed E-state index contributed by atoms with van der Waals surface area (Å²) >= 11 is 3.47. The second kappa shape index (κ2) is 6.51. The van der Waals surface area contributed by atoms with Gasteiger partial charge >= 0.3 is 0 Å². The van der Waals surface area contributed by atoms with Crippen LogP contribution in [0.2, 0.25) is 0 Å². The number of hydrogen-bond acceptors (Lipinski definition) is 3. The first-order valence-electron chi connectivity index (χ1n) is 7.41. The maximum atomic E-state index is 10.4. The first-order valence-corrected chi connectivity index (χ1v) is 8.21. The number of furan rings is 1. The summed E-state index contributed by atoms with van der Waals surface area (Å²) in [6.45, 7) is 8.72. The van der Waals surface area contributed by atoms with Crippen molar-refractivity contribution in [2.45, 2.75) is 45.8 Å². The predicted octanol–water partition coefficient (Wildman–Crippen LogP) is 4.64. The van der Waals surface area contributed by atoms with E-state index in [0.29, 0.717) is 12.5 Å². The molecule has 0 bridgehead atoms. The molecule has 0 saturated heterocycles. The van der Waals surface area contributed by atoms with Crippen LogP contribution in [0.1, 0.15) is 45.9 Å². The van der Waals surface area contributed by atoms with E-state index in [-0.39, 0.29) is 6.04 Å². The minimum absolute atomic E-state index is 0.0646. The molecule has 4 heteroatoms. The van der Waals surface area contributed by atoms with Crippen LogP contribution >= 0.6 is 15.9 Å². The molecule has 2 unspecified atom stereocenters. The van der Waals surface area contributed by atoms with E-state index in [1.165, 1.54) is 0 Å². The van der Waals surface area contributed by atoms with Crippen LogP contribution in [-0.2, 0) is 0 Å². The lowest BCUT2D eigenvalue weighted by Gasteiger charge is -2.27. The summed E-state index contributed by atoms with van der Waals surface area (Å²) in [7, 11) is 0. The van der Waals surface area contributed by atoms with E-state index in [0.717, 1.165) is 27.6 Å². The maximum Gasteiger partial charge on any atom is 0.134 e. The summed E-state index contributed by atoms with van der Waals surface area (Å²) in [5.41, 5.74) is 0.188. The van der Waals surface area contributed by atoms with Crippen molar-refractivity contribution in [2.75, 3.05) is 6.54 Å². The van der Waals surface area contributed by atoms with E-state index in [9.17, 15) is 5.11 Å². The van der Waals surface area contributed by atoms with Gasteiger partial charge in [-0.1, -0.05) is 29.8 Å². The molecule has 3 nitrogen and oxygen atoms in total. The number of rotatable bonds is 6. The van der Waals surface area contributed by atoms with Gasteiger partial charge in [-0.25, -0.2) is 0 Å². The zero-order chi connectivity index (χ0) is 15.6. The largest absolute Gasteiger partial charge is 0.459 e. The molecule has 1 aromatic heterocycles. The van der Waals surface area contributed by atoms with E-state index < -0.39 is 5.60 Å². The lowest BCUT2D eigenvalue weighted by molar-refractivity contribution is 0.0358. The van der Waals surface area contributed by atoms with E-state index in [2.05, 4.69) is 48.1 Å². The van der Waals surface area contributed by atoms with Crippen molar-refractivity contribution in [3.8, 4) is 0 Å². The van der Waals surface area contributed by atoms with E-state index in [1.54, 1.807) is 0 Å². The Morgan fingerprint density at radius 3 is 2.67 bits per heavy atom. The molecule has 0 fully saturated rings. The SMILES string of the molecule is CC(C)CC(C)(O)CNC(C)c1cc2cc(Br)ccc2o1. The normalized spacial score (nSPS) is 16.3. The van der Waals surface area contributed by atoms with Gasteiger partial charge in [0, 0.05) is 16.4 Å². The summed E-state index contributed by atoms with van der Waals surface area (Å²) in [6.07, 6.45) is 0.778. The van der Waals surface area contributed by atoms with Gasteiger partial charge in [0.15, 0.2) is 0 Å². The van der Waals surface area contributed by atoms with Crippen molar-refractivity contribution in [1.29, 1.82) is 0 Å². The molecule has 0 aliphatic heterocycles. The molecule has 21 heavy (non-hydrogen) atoms. The second-order valence-electron chi connectivity index (χ2n) is 6.53. The molecule has 0 saturated carbocycles. The summed E-state index contributed by atoms with van der Waals surface area (Å²) in [5.74, 6) is 1.36. The molecule has 0 radical (unpaired) electrons. The highest BCUT2D eigenvalue weighted by atomic mass is 79.9. The molecular formula is C17H24BrNO2. The highest BCUT2D eigenvalue weighted by Crippen LogP contribution is 2.27. The van der Waals surface area contributed by atoms with Crippen LogP contribution in [0, 0.1) is 5.92 Å². The third-order valence-electron chi connectivity index (χ3n) is 3.56. The molecule has 0 aliphatic carbocycles. The van der Waals surface area contributed by atoms with Crippen molar-refractivity contribution >= 4 is 26.9 Å². The molecule has 0 spiro atoms. The number of fused-ring (bicyclic) bond motifs is 1. The lowest BCUT2D eigenvalue weighted by Crippen LogP contribution is -2.39. The summed E-state index contributed by atoms with van der Waals surface area (Å²) in [6, 6.07) is 8.10. The number of hydrogen-bond donors (Lipinski definition) is 2. The monoisotopic (exact) mass is 353 g/mol. The Bertz CT molecular complexity index is 604. The molecule has 116 valence electrons. The van der Waals surface area contributed by atoms with Crippen LogP contribution in [0.25, 0.3) is 11.0 Å². The van der Waals surface area contributed by atoms with E-state index >= 15 is 0 Å². The lowest BCUT2D eigenvalue weighted by atomic mass is 9.94. The van der Waals surface area contributed by atoms with Crippen molar-refractivity contribution in [2.24, 2.45) is 5.92 Å². The molecular weight excluding hydrogens is 330 g/mol. The quantitative estimate of drug-likeness (QED) is 0.794. The summed E-state index contributed by atoms with van der Waals surface area (Å²) < 4.78 is 6.91. The highest BCUT2D eigenvalue weighted by molar-refractivity contribution is 9.10. The predicted molar refractivity (Wildman–Crippen MR) is 90.4 cm³/mol. The first kappa shape index (κ1) is 16.5. The van der Waals surface area contributed by atoms with Gasteiger partial charge < -0.3 is 14.8 Å². The molecule has 1 heterocycles. The number of nitrogens with one attached hydrogen (secondary N) is 1. The molecule has 2 aromatic rings.